The molecular formula is C13H22ClF2N3O4S2. The van der Waals surface area contributed by atoms with Crippen LogP contribution in [0.4, 0.5) is 8.78 Å². The minimum Gasteiger partial charge on any atom is -0.325 e. The fraction of sp³-hybridized carbons (Fsp3) is 0.538. The Hall–Kier alpha value is -0.850. The van der Waals surface area contributed by atoms with Gasteiger partial charge < -0.3 is 5.73 Å². The number of rotatable bonds is 9. The summed E-state index contributed by atoms with van der Waals surface area (Å²) >= 11 is 0. The summed E-state index contributed by atoms with van der Waals surface area (Å²) in [5.74, 6) is -3.39. The van der Waals surface area contributed by atoms with Crippen LogP contribution in [0.2, 0.25) is 0 Å². The van der Waals surface area contributed by atoms with Crippen LogP contribution in [0.5, 0.6) is 0 Å². The number of alkyl halides is 2. The highest BCUT2D eigenvalue weighted by Crippen LogP contribution is 2.20. The summed E-state index contributed by atoms with van der Waals surface area (Å²) in [5, 5.41) is 0. The summed E-state index contributed by atoms with van der Waals surface area (Å²) in [4.78, 5) is -0.636. The number of nitrogens with one attached hydrogen (secondary N) is 1. The fourth-order valence-electron chi connectivity index (χ4n) is 1.87. The molecule has 0 aliphatic heterocycles. The summed E-state index contributed by atoms with van der Waals surface area (Å²) in [6.07, 6.45) is 0. The molecule has 0 aliphatic rings. The molecule has 1 rings (SSSR count). The van der Waals surface area contributed by atoms with Gasteiger partial charge in [0, 0.05) is 13.1 Å². The minimum atomic E-state index is -4.29. The molecule has 3 N–H and O–H groups in total. The van der Waals surface area contributed by atoms with Crippen molar-refractivity contribution in [1.82, 2.24) is 9.03 Å². The average molecular weight is 422 g/mol. The minimum absolute atomic E-state index is 0. The van der Waals surface area contributed by atoms with Gasteiger partial charge in [0.25, 0.3) is 5.92 Å². The van der Waals surface area contributed by atoms with Gasteiger partial charge in [-0.15, -0.1) is 12.4 Å². The van der Waals surface area contributed by atoms with Gasteiger partial charge >= 0.3 is 0 Å². The van der Waals surface area contributed by atoms with E-state index in [1.165, 1.54) is 12.1 Å². The lowest BCUT2D eigenvalue weighted by molar-refractivity contribution is 0.0170. The molecule has 146 valence electrons. The Bertz CT molecular complexity index is 769. The lowest BCUT2D eigenvalue weighted by Crippen LogP contribution is -2.41. The summed E-state index contributed by atoms with van der Waals surface area (Å²) in [7, 11) is -8.15. The van der Waals surface area contributed by atoms with E-state index >= 15 is 0 Å². The van der Waals surface area contributed by atoms with E-state index in [2.05, 4.69) is 0 Å². The first-order valence-corrected chi connectivity index (χ1v) is 10.1. The Morgan fingerprint density at radius 3 is 2.12 bits per heavy atom. The number of nitrogens with zero attached hydrogens (tertiary/aromatic N) is 1. The Morgan fingerprint density at radius 1 is 1.12 bits per heavy atom. The number of nitrogens with two attached hydrogens (primary N) is 1. The second-order valence-corrected chi connectivity index (χ2v) is 8.65. The maximum Gasteiger partial charge on any atom is 0.273 e. The maximum absolute atomic E-state index is 13.1. The highest BCUT2D eigenvalue weighted by molar-refractivity contribution is 7.90. The van der Waals surface area contributed by atoms with Gasteiger partial charge in [0.1, 0.15) is 0 Å². The third kappa shape index (κ3) is 6.12. The van der Waals surface area contributed by atoms with Gasteiger partial charge in [-0.1, -0.05) is 19.9 Å². The Labute approximate surface area is 153 Å². The number of hydrogen-bond acceptors (Lipinski definition) is 5. The molecule has 1 aromatic rings. The molecular weight excluding hydrogens is 400 g/mol. The van der Waals surface area contributed by atoms with E-state index < -0.39 is 44.0 Å². The standard InChI is InChI=1S/C13H21F2N3O4S2.ClH/c1-3-18(4-2)24(21,22)12-7-5-6-11(8-12)23(19,20)17-10-13(14,15)9-16;/h5-8,17H,3-4,9-10,16H2,1-2H3;1H. The topological polar surface area (TPSA) is 110 Å². The first kappa shape index (κ1) is 24.1. The molecule has 7 nitrogen and oxygen atoms in total. The van der Waals surface area contributed by atoms with Crippen LogP contribution in [-0.4, -0.2) is 53.2 Å². The predicted octanol–water partition coefficient (Wildman–Crippen LogP) is 1.01. The fourth-order valence-corrected chi connectivity index (χ4v) is 4.56. The van der Waals surface area contributed by atoms with Crippen LogP contribution in [0.25, 0.3) is 0 Å². The molecule has 0 saturated carbocycles. The molecule has 0 saturated heterocycles. The van der Waals surface area contributed by atoms with E-state index in [4.69, 9.17) is 5.73 Å². The first-order chi connectivity index (χ1) is 11.0. The molecule has 0 aromatic heterocycles. The third-order valence-corrected chi connectivity index (χ3v) is 6.72. The lowest BCUT2D eigenvalue weighted by atomic mass is 10.3. The van der Waals surface area contributed by atoms with Crippen molar-refractivity contribution in [3.8, 4) is 0 Å². The van der Waals surface area contributed by atoms with Crippen molar-refractivity contribution >= 4 is 32.5 Å². The molecule has 25 heavy (non-hydrogen) atoms. The number of halogens is 3. The van der Waals surface area contributed by atoms with E-state index in [-0.39, 0.29) is 30.4 Å². The van der Waals surface area contributed by atoms with Crippen LogP contribution in [0.15, 0.2) is 34.1 Å². The quantitative estimate of drug-likeness (QED) is 0.618. The largest absolute Gasteiger partial charge is 0.325 e. The highest BCUT2D eigenvalue weighted by atomic mass is 35.5. The van der Waals surface area contributed by atoms with Gasteiger partial charge in [-0.25, -0.2) is 30.3 Å². The maximum atomic E-state index is 13.1. The van der Waals surface area contributed by atoms with Gasteiger partial charge in [0.05, 0.1) is 22.9 Å². The van der Waals surface area contributed by atoms with Crippen molar-refractivity contribution in [3.05, 3.63) is 24.3 Å². The number of hydrogen-bond donors (Lipinski definition) is 2. The smallest absolute Gasteiger partial charge is 0.273 e. The molecule has 0 heterocycles. The Kier molecular flexibility index (Phi) is 8.88. The summed E-state index contributed by atoms with van der Waals surface area (Å²) in [6, 6.07) is 4.56. The summed E-state index contributed by atoms with van der Waals surface area (Å²) < 4.78 is 78.1. The normalized spacial score (nSPS) is 12.9. The van der Waals surface area contributed by atoms with Crippen LogP contribution in [-0.2, 0) is 20.0 Å². The van der Waals surface area contributed by atoms with Crippen LogP contribution in [0, 0.1) is 0 Å². The molecule has 0 spiro atoms. The lowest BCUT2D eigenvalue weighted by Gasteiger charge is -2.19. The van der Waals surface area contributed by atoms with E-state index in [0.29, 0.717) is 0 Å². The van der Waals surface area contributed by atoms with Crippen LogP contribution < -0.4 is 10.5 Å². The molecule has 0 fully saturated rings. The first-order valence-electron chi connectivity index (χ1n) is 7.18. The number of sulfonamides is 2. The van der Waals surface area contributed by atoms with E-state index in [0.717, 1.165) is 16.4 Å². The molecule has 0 unspecified atom stereocenters. The Morgan fingerprint density at radius 2 is 1.64 bits per heavy atom. The second kappa shape index (κ2) is 9.19. The van der Waals surface area contributed by atoms with Gasteiger partial charge in [-0.2, -0.15) is 4.31 Å². The molecule has 12 heteroatoms. The monoisotopic (exact) mass is 421 g/mol. The zero-order valence-corrected chi connectivity index (χ0v) is 16.2. The van der Waals surface area contributed by atoms with Crippen molar-refractivity contribution in [3.63, 3.8) is 0 Å². The van der Waals surface area contributed by atoms with Crippen LogP contribution in [0.3, 0.4) is 0 Å². The van der Waals surface area contributed by atoms with E-state index in [1.54, 1.807) is 18.6 Å². The van der Waals surface area contributed by atoms with Crippen molar-refractivity contribution in [1.29, 1.82) is 0 Å². The van der Waals surface area contributed by atoms with Crippen molar-refractivity contribution in [2.24, 2.45) is 5.73 Å². The molecule has 1 aromatic carbocycles. The van der Waals surface area contributed by atoms with Gasteiger partial charge in [-0.05, 0) is 18.2 Å². The van der Waals surface area contributed by atoms with E-state index in [1.807, 2.05) is 0 Å². The molecule has 0 aliphatic carbocycles. The van der Waals surface area contributed by atoms with Crippen LogP contribution >= 0.6 is 12.4 Å². The summed E-state index contributed by atoms with van der Waals surface area (Å²) in [6.45, 7) is 1.56. The number of benzene rings is 1. The van der Waals surface area contributed by atoms with Gasteiger partial charge in [-0.3, -0.25) is 0 Å². The molecule has 0 amide bonds. The van der Waals surface area contributed by atoms with E-state index in [9.17, 15) is 25.6 Å². The van der Waals surface area contributed by atoms with Crippen molar-refractivity contribution < 1.29 is 25.6 Å². The third-order valence-electron chi connectivity index (χ3n) is 3.28. The van der Waals surface area contributed by atoms with Crippen molar-refractivity contribution in [2.45, 2.75) is 29.6 Å². The average Bonchev–Trinajstić information content (AvgIpc) is 2.54. The summed E-state index contributed by atoms with van der Waals surface area (Å²) in [5.41, 5.74) is 4.85. The zero-order valence-electron chi connectivity index (χ0n) is 13.8. The van der Waals surface area contributed by atoms with Gasteiger partial charge in [0.2, 0.25) is 20.0 Å². The highest BCUT2D eigenvalue weighted by Gasteiger charge is 2.30. The Balaban J connectivity index is 0.00000576. The molecule has 0 radical (unpaired) electrons. The SMILES string of the molecule is CCN(CC)S(=O)(=O)c1cccc(S(=O)(=O)NCC(F)(F)CN)c1.Cl. The zero-order chi connectivity index (χ0) is 18.6. The van der Waals surface area contributed by atoms with Crippen LogP contribution in [0.1, 0.15) is 13.8 Å². The molecule has 0 atom stereocenters. The van der Waals surface area contributed by atoms with Crippen molar-refractivity contribution in [2.75, 3.05) is 26.2 Å². The predicted molar refractivity (Wildman–Crippen MR) is 93.0 cm³/mol. The second-order valence-electron chi connectivity index (χ2n) is 4.95. The molecule has 0 bridgehead atoms. The van der Waals surface area contributed by atoms with Gasteiger partial charge in [0.15, 0.2) is 0 Å².